The summed E-state index contributed by atoms with van der Waals surface area (Å²) in [5.74, 6) is -1.26. The summed E-state index contributed by atoms with van der Waals surface area (Å²) < 4.78 is 0. The van der Waals surface area contributed by atoms with Gasteiger partial charge in [0.15, 0.2) is 0 Å². The molecule has 4 N–H and O–H groups in total. The molecular weight excluding hydrogens is 260 g/mol. The lowest BCUT2D eigenvalue weighted by Crippen LogP contribution is -2.56. The molecule has 1 aliphatic rings. The van der Waals surface area contributed by atoms with Crippen LogP contribution in [0.1, 0.15) is 33.1 Å². The highest BCUT2D eigenvalue weighted by Gasteiger charge is 2.42. The molecule has 1 heterocycles. The van der Waals surface area contributed by atoms with Crippen LogP contribution in [-0.2, 0) is 9.59 Å². The van der Waals surface area contributed by atoms with Gasteiger partial charge in [-0.05, 0) is 18.8 Å². The number of aliphatic carboxylic acids is 1. The normalized spacial score (nSPS) is 28.6. The van der Waals surface area contributed by atoms with Crippen LogP contribution in [0.15, 0.2) is 12.7 Å². The molecule has 0 saturated carbocycles. The number of rotatable bonds is 7. The second kappa shape index (κ2) is 7.40. The monoisotopic (exact) mass is 284 g/mol. The van der Waals surface area contributed by atoms with E-state index in [1.807, 2.05) is 6.92 Å². The van der Waals surface area contributed by atoms with E-state index in [1.165, 1.54) is 6.92 Å². The number of carboxylic acids is 1. The molecule has 0 aromatic heterocycles. The van der Waals surface area contributed by atoms with Crippen LogP contribution in [0.2, 0.25) is 0 Å². The molecule has 0 spiro atoms. The first kappa shape index (κ1) is 16.7. The highest BCUT2D eigenvalue weighted by atomic mass is 16.4. The van der Waals surface area contributed by atoms with E-state index in [2.05, 4.69) is 17.2 Å². The number of hydrogen-bond acceptors (Lipinski definition) is 4. The molecule has 0 unspecified atom stereocenters. The Labute approximate surface area is 119 Å². The highest BCUT2D eigenvalue weighted by molar-refractivity contribution is 5.75. The number of nitrogens with one attached hydrogen (secondary N) is 2. The zero-order chi connectivity index (χ0) is 15.3. The van der Waals surface area contributed by atoms with Gasteiger partial charge in [-0.25, -0.2) is 0 Å². The molecule has 6 nitrogen and oxygen atoms in total. The minimum atomic E-state index is -0.925. The van der Waals surface area contributed by atoms with E-state index in [9.17, 15) is 14.7 Å². The van der Waals surface area contributed by atoms with E-state index >= 15 is 0 Å². The van der Waals surface area contributed by atoms with Gasteiger partial charge in [-0.2, -0.15) is 0 Å². The van der Waals surface area contributed by atoms with Crippen molar-refractivity contribution in [3.8, 4) is 0 Å². The summed E-state index contributed by atoms with van der Waals surface area (Å²) in [5.41, 5.74) is 0. The lowest BCUT2D eigenvalue weighted by atomic mass is 9.89. The summed E-state index contributed by atoms with van der Waals surface area (Å²) in [7, 11) is 0. The molecular formula is C14H24N2O4. The number of carbonyl (C=O) groups excluding carboxylic acids is 1. The fourth-order valence-electron chi connectivity index (χ4n) is 2.76. The van der Waals surface area contributed by atoms with Gasteiger partial charge in [-0.15, -0.1) is 6.58 Å². The Morgan fingerprint density at radius 2 is 2.20 bits per heavy atom. The van der Waals surface area contributed by atoms with Crippen LogP contribution in [0.5, 0.6) is 0 Å². The summed E-state index contributed by atoms with van der Waals surface area (Å²) in [6.45, 7) is 7.06. The molecule has 6 heteroatoms. The van der Waals surface area contributed by atoms with E-state index < -0.39 is 24.2 Å². The van der Waals surface area contributed by atoms with Crippen molar-refractivity contribution in [2.45, 2.75) is 57.3 Å². The van der Waals surface area contributed by atoms with Gasteiger partial charge in [0.25, 0.3) is 0 Å². The Balaban J connectivity index is 2.89. The van der Waals surface area contributed by atoms with Crippen LogP contribution in [0.4, 0.5) is 0 Å². The van der Waals surface area contributed by atoms with Crippen molar-refractivity contribution in [2.75, 3.05) is 0 Å². The van der Waals surface area contributed by atoms with Gasteiger partial charge in [-0.3, -0.25) is 14.9 Å². The third kappa shape index (κ3) is 4.05. The molecule has 0 radical (unpaired) electrons. The third-order valence-electron chi connectivity index (χ3n) is 3.72. The molecule has 1 amide bonds. The fourth-order valence-corrected chi connectivity index (χ4v) is 2.76. The zero-order valence-corrected chi connectivity index (χ0v) is 12.0. The van der Waals surface area contributed by atoms with Crippen LogP contribution >= 0.6 is 0 Å². The number of carbonyl (C=O) groups is 2. The van der Waals surface area contributed by atoms with Crippen molar-refractivity contribution in [3.05, 3.63) is 12.7 Å². The average Bonchev–Trinajstić information content (AvgIpc) is 2.79. The van der Waals surface area contributed by atoms with Gasteiger partial charge in [0.2, 0.25) is 5.91 Å². The fraction of sp³-hybridized carbons (Fsp3) is 0.714. The van der Waals surface area contributed by atoms with Gasteiger partial charge < -0.3 is 15.5 Å². The molecule has 1 saturated heterocycles. The molecule has 0 aliphatic carbocycles. The molecule has 20 heavy (non-hydrogen) atoms. The average molecular weight is 284 g/mol. The molecule has 1 rings (SSSR count). The van der Waals surface area contributed by atoms with Gasteiger partial charge in [-0.1, -0.05) is 19.4 Å². The minimum Gasteiger partial charge on any atom is -0.480 e. The first-order valence-corrected chi connectivity index (χ1v) is 6.97. The maximum absolute atomic E-state index is 11.3. The third-order valence-corrected chi connectivity index (χ3v) is 3.72. The number of aliphatic hydroxyl groups excluding tert-OH is 1. The van der Waals surface area contributed by atoms with Crippen LogP contribution in [-0.4, -0.2) is 46.3 Å². The number of hydrogen-bond donors (Lipinski definition) is 4. The predicted octanol–water partition coefficient (Wildman–Crippen LogP) is 0.269. The Kier molecular flexibility index (Phi) is 6.16. The standard InChI is InChI=1S/C14H24N2O4/c1-4-6-11(18)13(15-8(3)17)12-9(5-2)7-10(16-12)14(19)20/h5,9-13,16,18H,2,4,6-7H2,1,3H3,(H,15,17)(H,19,20)/t9-,10-,11+,12-,13+/m1/s1. The summed E-state index contributed by atoms with van der Waals surface area (Å²) in [5, 5.41) is 25.1. The highest BCUT2D eigenvalue weighted by Crippen LogP contribution is 2.26. The Bertz CT molecular complexity index is 372. The maximum atomic E-state index is 11.3. The first-order valence-electron chi connectivity index (χ1n) is 6.97. The molecule has 1 fully saturated rings. The van der Waals surface area contributed by atoms with Crippen LogP contribution in [0, 0.1) is 5.92 Å². The van der Waals surface area contributed by atoms with E-state index in [4.69, 9.17) is 5.11 Å². The number of carboxylic acid groups (broad SMARTS) is 1. The van der Waals surface area contributed by atoms with Crippen molar-refractivity contribution >= 4 is 11.9 Å². The van der Waals surface area contributed by atoms with Crippen molar-refractivity contribution in [3.63, 3.8) is 0 Å². The molecule has 5 atom stereocenters. The second-order valence-electron chi connectivity index (χ2n) is 5.30. The van der Waals surface area contributed by atoms with Crippen molar-refractivity contribution in [2.24, 2.45) is 5.92 Å². The van der Waals surface area contributed by atoms with Crippen molar-refractivity contribution < 1.29 is 19.8 Å². The number of aliphatic hydroxyl groups is 1. The molecule has 0 bridgehead atoms. The molecule has 114 valence electrons. The largest absolute Gasteiger partial charge is 0.480 e. The Morgan fingerprint density at radius 3 is 2.65 bits per heavy atom. The lowest BCUT2D eigenvalue weighted by Gasteiger charge is -2.31. The lowest BCUT2D eigenvalue weighted by molar-refractivity contribution is -0.139. The van der Waals surface area contributed by atoms with Gasteiger partial charge >= 0.3 is 5.97 Å². The Hall–Kier alpha value is -1.40. The summed E-state index contributed by atoms with van der Waals surface area (Å²) in [6, 6.07) is -1.51. The van der Waals surface area contributed by atoms with Gasteiger partial charge in [0.1, 0.15) is 6.04 Å². The summed E-state index contributed by atoms with van der Waals surface area (Å²) in [6.07, 6.45) is 2.72. The summed E-state index contributed by atoms with van der Waals surface area (Å²) in [4.78, 5) is 22.4. The van der Waals surface area contributed by atoms with Crippen molar-refractivity contribution in [1.29, 1.82) is 0 Å². The minimum absolute atomic E-state index is 0.0977. The van der Waals surface area contributed by atoms with Gasteiger partial charge in [0, 0.05) is 13.0 Å². The maximum Gasteiger partial charge on any atom is 0.320 e. The topological polar surface area (TPSA) is 98.7 Å². The van der Waals surface area contributed by atoms with Crippen LogP contribution < -0.4 is 10.6 Å². The van der Waals surface area contributed by atoms with Crippen molar-refractivity contribution in [1.82, 2.24) is 10.6 Å². The Morgan fingerprint density at radius 1 is 1.55 bits per heavy atom. The van der Waals surface area contributed by atoms with Gasteiger partial charge in [0.05, 0.1) is 12.1 Å². The van der Waals surface area contributed by atoms with E-state index in [-0.39, 0.29) is 17.9 Å². The quantitative estimate of drug-likeness (QED) is 0.503. The van der Waals surface area contributed by atoms with E-state index in [1.54, 1.807) is 6.08 Å². The first-order chi connectivity index (χ1) is 9.40. The second-order valence-corrected chi connectivity index (χ2v) is 5.30. The number of amides is 1. The molecule has 1 aliphatic heterocycles. The predicted molar refractivity (Wildman–Crippen MR) is 75.2 cm³/mol. The van der Waals surface area contributed by atoms with Crippen LogP contribution in [0.25, 0.3) is 0 Å². The van der Waals surface area contributed by atoms with E-state index in [0.717, 1.165) is 6.42 Å². The van der Waals surface area contributed by atoms with E-state index in [0.29, 0.717) is 12.8 Å². The molecule has 0 aromatic rings. The molecule has 0 aromatic carbocycles. The smallest absolute Gasteiger partial charge is 0.320 e. The summed E-state index contributed by atoms with van der Waals surface area (Å²) >= 11 is 0. The van der Waals surface area contributed by atoms with Crippen LogP contribution in [0.3, 0.4) is 0 Å². The SMILES string of the molecule is C=C[C@@H]1C[C@H](C(=O)O)N[C@H]1[C@@H](NC(C)=O)[C@@H](O)CCC. The zero-order valence-electron chi connectivity index (χ0n) is 12.0.